The summed E-state index contributed by atoms with van der Waals surface area (Å²) in [5.41, 5.74) is 8.04. The molecular weight excluding hydrogens is 511 g/mol. The van der Waals surface area contributed by atoms with Crippen molar-refractivity contribution in [3.05, 3.63) is 67.3 Å². The van der Waals surface area contributed by atoms with Crippen molar-refractivity contribution < 1.29 is 32.6 Å². The molecule has 3 rings (SSSR count). The molecule has 2 aromatic rings. The van der Waals surface area contributed by atoms with Gasteiger partial charge in [-0.3, -0.25) is 23.7 Å². The van der Waals surface area contributed by atoms with E-state index in [4.69, 9.17) is 24.1 Å². The lowest BCUT2D eigenvalue weighted by Crippen LogP contribution is -2.36. The minimum absolute atomic E-state index is 0.0824. The number of hydrogen-bond donors (Lipinski definition) is 2. The Balaban J connectivity index is 1.82. The van der Waals surface area contributed by atoms with Crippen LogP contribution in [0.4, 0.5) is 0 Å². The Bertz CT molecular complexity index is 1320. The van der Waals surface area contributed by atoms with E-state index in [2.05, 4.69) is 24.8 Å². The van der Waals surface area contributed by atoms with Crippen LogP contribution in [0.2, 0.25) is 0 Å². The molecule has 1 fully saturated rings. The first-order valence-electron chi connectivity index (χ1n) is 11.0. The molecule has 16 heteroatoms. The Hall–Kier alpha value is -3.61. The number of methoxy groups -OCH3 is 2. The summed E-state index contributed by atoms with van der Waals surface area (Å²) >= 11 is 0. The summed E-state index contributed by atoms with van der Waals surface area (Å²) in [6, 6.07) is 4.28. The Kier molecular flexibility index (Phi) is 9.14. The summed E-state index contributed by atoms with van der Waals surface area (Å²) in [6.07, 6.45) is -0.419. The monoisotopic (exact) mass is 538 g/mol. The first-order chi connectivity index (χ1) is 17.6. The largest absolute Gasteiger partial charge is 0.497 e. The van der Waals surface area contributed by atoms with Crippen LogP contribution in [0.3, 0.4) is 0 Å². The molecule has 1 aliphatic heterocycles. The van der Waals surface area contributed by atoms with Gasteiger partial charge < -0.3 is 18.7 Å². The van der Waals surface area contributed by atoms with Gasteiger partial charge in [0, 0.05) is 23.1 Å². The number of carbonyl (C=O) groups excluding carboxylic acids is 1. The second-order valence-corrected chi connectivity index (χ2v) is 9.74. The minimum atomic E-state index is -4.22. The maximum atomic E-state index is 13.6. The van der Waals surface area contributed by atoms with E-state index >= 15 is 0 Å². The minimum Gasteiger partial charge on any atom is -0.497 e. The molecule has 0 aliphatic carbocycles. The molecule has 1 aliphatic rings. The van der Waals surface area contributed by atoms with Crippen molar-refractivity contribution in [3.8, 4) is 11.5 Å². The number of carbonyl (C=O) groups is 1. The van der Waals surface area contributed by atoms with Gasteiger partial charge in [-0.15, -0.1) is 0 Å². The van der Waals surface area contributed by atoms with Crippen LogP contribution in [-0.4, -0.2) is 54.5 Å². The fourth-order valence-electron chi connectivity index (χ4n) is 3.53. The molecule has 2 N–H and O–H groups in total. The molecule has 0 radical (unpaired) electrons. The molecule has 0 spiro atoms. The van der Waals surface area contributed by atoms with Gasteiger partial charge in [0.25, 0.3) is 5.56 Å². The van der Waals surface area contributed by atoms with Gasteiger partial charge in [-0.2, -0.15) is 5.09 Å². The first kappa shape index (κ1) is 28.0. The Morgan fingerprint density at radius 1 is 1.32 bits per heavy atom. The number of esters is 1. The fourth-order valence-corrected chi connectivity index (χ4v) is 5.03. The Morgan fingerprint density at radius 2 is 2.00 bits per heavy atom. The normalized spacial score (nSPS) is 21.4. The number of hydrogen-bond acceptors (Lipinski definition) is 10. The summed E-state index contributed by atoms with van der Waals surface area (Å²) in [7, 11) is -1.56. The Morgan fingerprint density at radius 3 is 2.62 bits per heavy atom. The predicted molar refractivity (Wildman–Crippen MR) is 129 cm³/mol. The average molecular weight is 538 g/mol. The van der Waals surface area contributed by atoms with Crippen molar-refractivity contribution >= 4 is 13.7 Å². The van der Waals surface area contributed by atoms with E-state index in [9.17, 15) is 18.9 Å². The van der Waals surface area contributed by atoms with Crippen LogP contribution in [0.15, 0.2) is 45.2 Å². The summed E-state index contributed by atoms with van der Waals surface area (Å²) in [5.74, 6) is -0.0192. The fraction of sp³-hybridized carbons (Fsp3) is 0.476. The maximum Gasteiger partial charge on any atom is 0.459 e. The van der Waals surface area contributed by atoms with Gasteiger partial charge in [0.1, 0.15) is 23.8 Å². The van der Waals surface area contributed by atoms with Crippen molar-refractivity contribution in [2.75, 3.05) is 20.8 Å². The van der Waals surface area contributed by atoms with Crippen LogP contribution in [0.1, 0.15) is 25.1 Å². The van der Waals surface area contributed by atoms with Crippen LogP contribution < -0.4 is 25.6 Å². The lowest BCUT2D eigenvalue weighted by molar-refractivity contribution is -0.142. The van der Waals surface area contributed by atoms with Gasteiger partial charge in [0.05, 0.1) is 33.0 Å². The third-order valence-corrected chi connectivity index (χ3v) is 7.10. The maximum absolute atomic E-state index is 13.6. The molecule has 200 valence electrons. The van der Waals surface area contributed by atoms with Crippen LogP contribution >= 0.6 is 7.75 Å². The van der Waals surface area contributed by atoms with Gasteiger partial charge in [-0.25, -0.2) is 9.36 Å². The molecule has 0 bridgehead atoms. The van der Waals surface area contributed by atoms with Gasteiger partial charge in [0.2, 0.25) is 0 Å². The summed E-state index contributed by atoms with van der Waals surface area (Å²) < 4.78 is 41.6. The number of nitrogens with zero attached hydrogens (tertiary/aromatic N) is 4. The van der Waals surface area contributed by atoms with Gasteiger partial charge in [-0.1, -0.05) is 5.11 Å². The number of aryl methyl sites for hydroxylation is 1. The van der Waals surface area contributed by atoms with Crippen molar-refractivity contribution in [1.29, 1.82) is 0 Å². The van der Waals surface area contributed by atoms with Crippen LogP contribution in [0, 0.1) is 6.92 Å². The predicted octanol–water partition coefficient (Wildman–Crippen LogP) is 2.17. The number of ether oxygens (including phenoxy) is 3. The smallest absolute Gasteiger partial charge is 0.459 e. The highest BCUT2D eigenvalue weighted by atomic mass is 31.2. The highest BCUT2D eigenvalue weighted by molar-refractivity contribution is 7.52. The molecule has 1 saturated heterocycles. The van der Waals surface area contributed by atoms with E-state index in [1.807, 2.05) is 0 Å². The van der Waals surface area contributed by atoms with Gasteiger partial charge in [-0.05, 0) is 43.6 Å². The second-order valence-electron chi connectivity index (χ2n) is 8.05. The molecule has 5 atom stereocenters. The number of aromatic nitrogens is 2. The molecule has 1 aromatic carbocycles. The molecule has 1 aromatic heterocycles. The van der Waals surface area contributed by atoms with E-state index in [0.29, 0.717) is 5.75 Å². The van der Waals surface area contributed by atoms with Crippen molar-refractivity contribution in [3.63, 3.8) is 0 Å². The Labute approximate surface area is 210 Å². The number of nitrogens with one attached hydrogen (secondary N) is 2. The lowest BCUT2D eigenvalue weighted by Gasteiger charge is -2.24. The van der Waals surface area contributed by atoms with E-state index in [0.717, 1.165) is 0 Å². The topological polar surface area (TPSA) is 196 Å². The average Bonchev–Trinajstić information content (AvgIpc) is 3.27. The van der Waals surface area contributed by atoms with Crippen molar-refractivity contribution in [1.82, 2.24) is 14.6 Å². The van der Waals surface area contributed by atoms with Crippen molar-refractivity contribution in [2.24, 2.45) is 5.11 Å². The molecule has 3 unspecified atom stereocenters. The number of benzene rings is 1. The summed E-state index contributed by atoms with van der Waals surface area (Å²) in [5, 5.41) is 6.21. The van der Waals surface area contributed by atoms with Crippen molar-refractivity contribution in [2.45, 2.75) is 44.7 Å². The first-order valence-corrected chi connectivity index (χ1v) is 12.6. The summed E-state index contributed by atoms with van der Waals surface area (Å²) in [4.78, 5) is 40.9. The SMILES string of the molecule is COC(=O)C(C)NP(=O)(OC[C@H]1O[C@@H](n2cc(C)c(=O)[nH]c2=O)CC1N=[N+]=[N-])Oc1ccc(OC)cc1. The zero-order valence-corrected chi connectivity index (χ0v) is 21.4. The molecular formula is C21H27N6O9P. The van der Waals surface area contributed by atoms with Gasteiger partial charge in [0.15, 0.2) is 0 Å². The second kappa shape index (κ2) is 12.1. The molecule has 37 heavy (non-hydrogen) atoms. The van der Waals surface area contributed by atoms with E-state index < -0.39 is 56.0 Å². The van der Waals surface area contributed by atoms with E-state index in [1.165, 1.54) is 51.0 Å². The van der Waals surface area contributed by atoms with Gasteiger partial charge >= 0.3 is 19.4 Å². The highest BCUT2D eigenvalue weighted by Crippen LogP contribution is 2.46. The van der Waals surface area contributed by atoms with Crippen LogP contribution in [0.5, 0.6) is 11.5 Å². The molecule has 0 amide bonds. The molecule has 15 nitrogen and oxygen atoms in total. The van der Waals surface area contributed by atoms with E-state index in [1.54, 1.807) is 12.1 Å². The lowest BCUT2D eigenvalue weighted by atomic mass is 10.1. The summed E-state index contributed by atoms with van der Waals surface area (Å²) in [6.45, 7) is 2.54. The van der Waals surface area contributed by atoms with Crippen LogP contribution in [0.25, 0.3) is 10.4 Å². The highest BCUT2D eigenvalue weighted by Gasteiger charge is 2.40. The third kappa shape index (κ3) is 7.00. The third-order valence-electron chi connectivity index (χ3n) is 5.46. The number of H-pyrrole nitrogens is 1. The number of azide groups is 1. The molecule has 0 saturated carbocycles. The quantitative estimate of drug-likeness (QED) is 0.141. The van der Waals surface area contributed by atoms with Crippen LogP contribution in [-0.2, 0) is 23.4 Å². The standard InChI is InChI=1S/C21H27N6O9P/c1-12-10-27(21(30)23-19(12)28)18-9-16(24-26-22)17(35-18)11-34-37(31,25-13(2)20(29)33-4)36-15-7-5-14(32-3)6-8-15/h5-8,10,13,16-18H,9,11H2,1-4H3,(H,25,31)(H,23,28,30)/t13?,16?,17-,18-,37?/m1/s1. The van der Waals surface area contributed by atoms with E-state index in [-0.39, 0.29) is 17.7 Å². The number of rotatable bonds is 11. The zero-order valence-electron chi connectivity index (χ0n) is 20.5. The molecule has 2 heterocycles. The number of aromatic amines is 1. The zero-order chi connectivity index (χ0) is 27.2.